The molecule has 1 N–H and O–H groups in total. The summed E-state index contributed by atoms with van der Waals surface area (Å²) < 4.78 is 2.11. The van der Waals surface area contributed by atoms with Gasteiger partial charge in [0.25, 0.3) is 5.56 Å². The smallest absolute Gasteiger partial charge is 0.271 e. The number of halogens is 1. The molecule has 0 aliphatic heterocycles. The van der Waals surface area contributed by atoms with E-state index >= 15 is 0 Å². The number of hydrogen-bond acceptors (Lipinski definition) is 5. The number of carbonyl (C=O) groups excluding carboxylic acids is 1. The van der Waals surface area contributed by atoms with Gasteiger partial charge < -0.3 is 5.32 Å². The minimum absolute atomic E-state index is 0.110. The number of hydrogen-bond donors (Lipinski definition) is 1. The van der Waals surface area contributed by atoms with Crippen LogP contribution in [-0.2, 0) is 11.8 Å². The van der Waals surface area contributed by atoms with E-state index in [4.69, 9.17) is 16.6 Å². The van der Waals surface area contributed by atoms with Gasteiger partial charge in [-0.05, 0) is 30.2 Å². The average Bonchev–Trinajstić information content (AvgIpc) is 3.17. The minimum atomic E-state index is -0.187. The second-order valence-electron chi connectivity index (χ2n) is 6.70. The van der Waals surface area contributed by atoms with Crippen molar-refractivity contribution in [3.8, 4) is 11.1 Å². The zero-order valence-electron chi connectivity index (χ0n) is 16.3. The Morgan fingerprint density at radius 2 is 1.97 bits per heavy atom. The van der Waals surface area contributed by atoms with Gasteiger partial charge in [0.05, 0.1) is 11.3 Å². The second-order valence-corrected chi connectivity index (χ2v) is 8.93. The molecule has 30 heavy (non-hydrogen) atoms. The third-order valence-corrected chi connectivity index (χ3v) is 7.11. The van der Waals surface area contributed by atoms with Crippen LogP contribution < -0.4 is 10.9 Å². The average molecular weight is 456 g/mol. The zero-order valence-corrected chi connectivity index (χ0v) is 18.7. The van der Waals surface area contributed by atoms with Crippen LogP contribution in [0.5, 0.6) is 0 Å². The third kappa shape index (κ3) is 4.01. The Hall–Kier alpha value is -2.61. The van der Waals surface area contributed by atoms with Crippen molar-refractivity contribution in [3.05, 3.63) is 74.9 Å². The lowest BCUT2D eigenvalue weighted by Gasteiger charge is -2.10. The predicted octanol–water partition coefficient (Wildman–Crippen LogP) is 5.35. The molecule has 0 atom stereocenters. The van der Waals surface area contributed by atoms with Crippen molar-refractivity contribution in [2.24, 2.45) is 7.05 Å². The Morgan fingerprint density at radius 3 is 2.73 bits per heavy atom. The fourth-order valence-electron chi connectivity index (χ4n) is 3.04. The summed E-state index contributed by atoms with van der Waals surface area (Å²) in [5, 5.41) is 5.92. The van der Waals surface area contributed by atoms with Crippen molar-refractivity contribution in [1.82, 2.24) is 9.55 Å². The highest BCUT2D eigenvalue weighted by Crippen LogP contribution is 2.32. The summed E-state index contributed by atoms with van der Waals surface area (Å²) in [6, 6.07) is 15.2. The molecule has 0 aliphatic rings. The molecule has 1 amide bonds. The van der Waals surface area contributed by atoms with Crippen molar-refractivity contribution in [2.45, 2.75) is 12.1 Å². The molecule has 0 aliphatic carbocycles. The van der Waals surface area contributed by atoms with E-state index in [2.05, 4.69) is 5.32 Å². The molecule has 2 heterocycles. The van der Waals surface area contributed by atoms with Gasteiger partial charge in [0, 0.05) is 28.7 Å². The van der Waals surface area contributed by atoms with Gasteiger partial charge in [-0.1, -0.05) is 59.8 Å². The molecule has 0 unspecified atom stereocenters. The molecule has 4 aromatic rings. The second kappa shape index (κ2) is 8.63. The van der Waals surface area contributed by atoms with Gasteiger partial charge in [-0.25, -0.2) is 4.98 Å². The largest absolute Gasteiger partial charge is 0.325 e. The topological polar surface area (TPSA) is 64.0 Å². The molecule has 2 aromatic carbocycles. The Bertz CT molecular complexity index is 1300. The highest BCUT2D eigenvalue weighted by Gasteiger charge is 2.16. The van der Waals surface area contributed by atoms with Gasteiger partial charge in [-0.2, -0.15) is 0 Å². The first-order valence-electron chi connectivity index (χ1n) is 9.17. The van der Waals surface area contributed by atoms with E-state index in [0.29, 0.717) is 26.1 Å². The number of thioether (sulfide) groups is 1. The van der Waals surface area contributed by atoms with Crippen LogP contribution in [0.25, 0.3) is 21.3 Å². The minimum Gasteiger partial charge on any atom is -0.325 e. The summed E-state index contributed by atoms with van der Waals surface area (Å²) >= 11 is 8.74. The van der Waals surface area contributed by atoms with Crippen molar-refractivity contribution in [2.75, 3.05) is 11.1 Å². The fraction of sp³-hybridized carbons (Fsp3) is 0.136. The number of thiophene rings is 1. The van der Waals surface area contributed by atoms with Crippen molar-refractivity contribution < 1.29 is 4.79 Å². The summed E-state index contributed by atoms with van der Waals surface area (Å²) in [7, 11) is 1.68. The molecule has 5 nitrogen and oxygen atoms in total. The SMILES string of the molecule is Cc1c(Cl)cccc1NC(=O)CSc1nc2c(-c3ccccc3)csc2c(=O)n1C. The number of benzene rings is 2. The Kier molecular flexibility index (Phi) is 5.94. The van der Waals surface area contributed by atoms with Gasteiger partial charge >= 0.3 is 0 Å². The maximum Gasteiger partial charge on any atom is 0.271 e. The first-order valence-corrected chi connectivity index (χ1v) is 11.4. The van der Waals surface area contributed by atoms with Crippen LogP contribution in [0.3, 0.4) is 0 Å². The van der Waals surface area contributed by atoms with Crippen LogP contribution in [-0.4, -0.2) is 21.2 Å². The molecule has 4 rings (SSSR count). The highest BCUT2D eigenvalue weighted by molar-refractivity contribution is 7.99. The monoisotopic (exact) mass is 455 g/mol. The molecule has 0 bridgehead atoms. The number of carbonyl (C=O) groups is 1. The highest BCUT2D eigenvalue weighted by atomic mass is 35.5. The van der Waals surface area contributed by atoms with Crippen LogP contribution in [0.1, 0.15) is 5.56 Å². The van der Waals surface area contributed by atoms with Crippen LogP contribution >= 0.6 is 34.7 Å². The molecule has 152 valence electrons. The summed E-state index contributed by atoms with van der Waals surface area (Å²) in [6.07, 6.45) is 0. The Labute approximate surface area is 186 Å². The molecule has 2 aromatic heterocycles. The molecule has 0 saturated heterocycles. The lowest BCUT2D eigenvalue weighted by molar-refractivity contribution is -0.113. The number of amides is 1. The standard InChI is InChI=1S/C22H18ClN3O2S2/c1-13-16(23)9-6-10-17(13)24-18(27)12-30-22-25-19-15(14-7-4-3-5-8-14)11-29-20(19)21(28)26(22)2/h3-11H,12H2,1-2H3,(H,24,27). The van der Waals surface area contributed by atoms with E-state index in [9.17, 15) is 9.59 Å². The number of nitrogens with zero attached hydrogens (tertiary/aromatic N) is 2. The quantitative estimate of drug-likeness (QED) is 0.325. The first-order chi connectivity index (χ1) is 14.5. The van der Waals surface area contributed by atoms with E-state index in [0.717, 1.165) is 16.7 Å². The fourth-order valence-corrected chi connectivity index (χ4v) is 4.96. The van der Waals surface area contributed by atoms with Crippen molar-refractivity contribution in [3.63, 3.8) is 0 Å². The van der Waals surface area contributed by atoms with Gasteiger partial charge in [0.15, 0.2) is 5.16 Å². The first kappa shape index (κ1) is 20.7. The van der Waals surface area contributed by atoms with E-state index in [1.54, 1.807) is 25.2 Å². The molecule has 0 radical (unpaired) electrons. The molecular weight excluding hydrogens is 438 g/mol. The number of aromatic nitrogens is 2. The number of anilines is 1. The van der Waals surface area contributed by atoms with Gasteiger partial charge in [0.1, 0.15) is 4.70 Å². The Balaban J connectivity index is 1.60. The number of nitrogens with one attached hydrogen (secondary N) is 1. The summed E-state index contributed by atoms with van der Waals surface area (Å²) in [4.78, 5) is 30.0. The lowest BCUT2D eigenvalue weighted by Crippen LogP contribution is -2.21. The summed E-state index contributed by atoms with van der Waals surface area (Å²) in [6.45, 7) is 1.85. The van der Waals surface area contributed by atoms with E-state index in [1.165, 1.54) is 27.7 Å². The Morgan fingerprint density at radius 1 is 1.20 bits per heavy atom. The van der Waals surface area contributed by atoms with Crippen LogP contribution in [0.2, 0.25) is 5.02 Å². The van der Waals surface area contributed by atoms with E-state index in [1.807, 2.05) is 42.6 Å². The summed E-state index contributed by atoms with van der Waals surface area (Å²) in [5.41, 5.74) is 3.98. The van der Waals surface area contributed by atoms with E-state index < -0.39 is 0 Å². The number of fused-ring (bicyclic) bond motifs is 1. The molecule has 0 saturated carbocycles. The molecule has 0 fully saturated rings. The maximum absolute atomic E-state index is 12.8. The molecule has 0 spiro atoms. The molecular formula is C22H18ClN3O2S2. The van der Waals surface area contributed by atoms with Crippen molar-refractivity contribution >= 4 is 56.5 Å². The number of rotatable bonds is 5. The maximum atomic E-state index is 12.8. The zero-order chi connectivity index (χ0) is 21.3. The third-order valence-electron chi connectivity index (χ3n) is 4.72. The molecule has 8 heteroatoms. The normalized spacial score (nSPS) is 11.0. The van der Waals surface area contributed by atoms with Gasteiger partial charge in [0.2, 0.25) is 5.91 Å². The predicted molar refractivity (Wildman–Crippen MR) is 126 cm³/mol. The van der Waals surface area contributed by atoms with Gasteiger partial charge in [-0.15, -0.1) is 11.3 Å². The van der Waals surface area contributed by atoms with Crippen LogP contribution in [0.4, 0.5) is 5.69 Å². The van der Waals surface area contributed by atoms with E-state index in [-0.39, 0.29) is 17.2 Å². The summed E-state index contributed by atoms with van der Waals surface area (Å²) in [5.74, 6) is -0.0592. The van der Waals surface area contributed by atoms with Crippen LogP contribution in [0.15, 0.2) is 63.9 Å². The van der Waals surface area contributed by atoms with Crippen molar-refractivity contribution in [1.29, 1.82) is 0 Å². The van der Waals surface area contributed by atoms with Crippen LogP contribution in [0, 0.1) is 6.92 Å². The lowest BCUT2D eigenvalue weighted by atomic mass is 10.1. The van der Waals surface area contributed by atoms with Gasteiger partial charge in [-0.3, -0.25) is 14.2 Å².